The van der Waals surface area contributed by atoms with Gasteiger partial charge in [-0.25, -0.2) is 9.48 Å². The van der Waals surface area contributed by atoms with Crippen molar-refractivity contribution < 1.29 is 14.3 Å². The lowest BCUT2D eigenvalue weighted by molar-refractivity contribution is -0.0224. The second kappa shape index (κ2) is 7.37. The summed E-state index contributed by atoms with van der Waals surface area (Å²) in [6.07, 6.45) is 4.51. The lowest BCUT2D eigenvalue weighted by Crippen LogP contribution is -2.30. The van der Waals surface area contributed by atoms with Crippen LogP contribution in [0.1, 0.15) is 25.0 Å². The molecule has 8 heteroatoms. The molecule has 0 saturated carbocycles. The Morgan fingerprint density at radius 2 is 2.50 bits per heavy atom. The highest BCUT2D eigenvalue weighted by atomic mass is 32.1. The van der Waals surface area contributed by atoms with Gasteiger partial charge < -0.3 is 14.8 Å². The number of amides is 1. The number of carbonyl (C=O) groups excluding carboxylic acids is 1. The molecular weight excluding hydrogens is 304 g/mol. The van der Waals surface area contributed by atoms with E-state index in [1.54, 1.807) is 22.2 Å². The first-order chi connectivity index (χ1) is 10.8. The second-order valence-corrected chi connectivity index (χ2v) is 5.86. The molecule has 1 saturated heterocycles. The molecule has 1 aliphatic heterocycles. The van der Waals surface area contributed by atoms with Crippen LogP contribution < -0.4 is 5.32 Å². The van der Waals surface area contributed by atoms with E-state index in [1.165, 1.54) is 0 Å². The minimum absolute atomic E-state index is 0.0268. The number of thiophene rings is 1. The van der Waals surface area contributed by atoms with E-state index in [2.05, 4.69) is 15.6 Å². The van der Waals surface area contributed by atoms with Gasteiger partial charge in [0.1, 0.15) is 12.3 Å². The van der Waals surface area contributed by atoms with Gasteiger partial charge in [0.2, 0.25) is 0 Å². The van der Waals surface area contributed by atoms with Gasteiger partial charge in [-0.2, -0.15) is 11.3 Å². The number of nitrogens with zero attached hydrogens (tertiary/aromatic N) is 3. The third kappa shape index (κ3) is 4.05. The second-order valence-electron chi connectivity index (χ2n) is 5.08. The zero-order valence-electron chi connectivity index (χ0n) is 12.1. The molecule has 2 aromatic heterocycles. The van der Waals surface area contributed by atoms with Crippen molar-refractivity contribution in [2.45, 2.75) is 31.9 Å². The third-order valence-corrected chi connectivity index (χ3v) is 4.07. The molecule has 0 radical (unpaired) electrons. The van der Waals surface area contributed by atoms with Crippen LogP contribution in [0.25, 0.3) is 5.69 Å². The maximum absolute atomic E-state index is 11.7. The normalized spacial score (nSPS) is 18.1. The van der Waals surface area contributed by atoms with Crippen LogP contribution >= 0.6 is 11.3 Å². The van der Waals surface area contributed by atoms with Crippen LogP contribution in [0, 0.1) is 0 Å². The summed E-state index contributed by atoms with van der Waals surface area (Å²) in [6.45, 7) is 1.34. The molecule has 0 aromatic carbocycles. The van der Waals surface area contributed by atoms with E-state index in [1.807, 2.05) is 16.8 Å². The average molecular weight is 322 g/mol. The molecule has 2 aromatic rings. The average Bonchev–Trinajstić information content (AvgIpc) is 3.22. The van der Waals surface area contributed by atoms with Crippen LogP contribution in [0.15, 0.2) is 23.0 Å². The van der Waals surface area contributed by atoms with E-state index >= 15 is 0 Å². The van der Waals surface area contributed by atoms with Crippen molar-refractivity contribution >= 4 is 17.4 Å². The number of carbonyl (C=O) groups is 1. The van der Waals surface area contributed by atoms with Crippen LogP contribution in [0.3, 0.4) is 0 Å². The number of aromatic nitrogens is 3. The highest BCUT2D eigenvalue weighted by Gasteiger charge is 2.16. The molecule has 0 bridgehead atoms. The zero-order valence-corrected chi connectivity index (χ0v) is 12.9. The van der Waals surface area contributed by atoms with Crippen LogP contribution in [-0.4, -0.2) is 40.4 Å². The molecule has 3 heterocycles. The first kappa shape index (κ1) is 15.0. The Balaban J connectivity index is 1.41. The Bertz CT molecular complexity index is 593. The van der Waals surface area contributed by atoms with Crippen molar-refractivity contribution in [3.8, 4) is 5.69 Å². The number of hydrogen-bond acceptors (Lipinski definition) is 6. The number of alkyl carbamates (subject to hydrolysis) is 1. The third-order valence-electron chi connectivity index (χ3n) is 3.40. The SMILES string of the molecule is O=C(NCc1cn(-c2ccsc2)nn1)OCC1CCCCO1. The zero-order chi connectivity index (χ0) is 15.2. The fourth-order valence-corrected chi connectivity index (χ4v) is 2.84. The van der Waals surface area contributed by atoms with Crippen molar-refractivity contribution in [3.05, 3.63) is 28.7 Å². The maximum atomic E-state index is 11.7. The van der Waals surface area contributed by atoms with Gasteiger partial charge in [0.25, 0.3) is 0 Å². The van der Waals surface area contributed by atoms with E-state index < -0.39 is 6.09 Å². The van der Waals surface area contributed by atoms with Gasteiger partial charge >= 0.3 is 6.09 Å². The van der Waals surface area contributed by atoms with Crippen molar-refractivity contribution in [3.63, 3.8) is 0 Å². The van der Waals surface area contributed by atoms with Crippen LogP contribution in [0.2, 0.25) is 0 Å². The molecular formula is C14H18N4O3S. The highest BCUT2D eigenvalue weighted by molar-refractivity contribution is 7.08. The predicted octanol–water partition coefficient (Wildman–Crippen LogP) is 2.12. The minimum atomic E-state index is -0.459. The largest absolute Gasteiger partial charge is 0.447 e. The summed E-state index contributed by atoms with van der Waals surface area (Å²) in [5.41, 5.74) is 1.64. The Hall–Kier alpha value is -1.93. The molecule has 7 nitrogen and oxygen atoms in total. The number of hydrogen-bond donors (Lipinski definition) is 1. The van der Waals surface area contributed by atoms with Gasteiger partial charge in [-0.1, -0.05) is 5.21 Å². The molecule has 3 rings (SSSR count). The van der Waals surface area contributed by atoms with Gasteiger partial charge in [-0.3, -0.25) is 0 Å². The summed E-state index contributed by atoms with van der Waals surface area (Å²) in [4.78, 5) is 11.7. The lowest BCUT2D eigenvalue weighted by Gasteiger charge is -2.21. The monoisotopic (exact) mass is 322 g/mol. The van der Waals surface area contributed by atoms with E-state index in [0.717, 1.165) is 31.6 Å². The molecule has 1 aliphatic rings. The van der Waals surface area contributed by atoms with E-state index in [9.17, 15) is 4.79 Å². The minimum Gasteiger partial charge on any atom is -0.447 e. The smallest absolute Gasteiger partial charge is 0.407 e. The molecule has 118 valence electrons. The Labute approximate surface area is 132 Å². The summed E-state index contributed by atoms with van der Waals surface area (Å²) in [5.74, 6) is 0. The number of nitrogens with one attached hydrogen (secondary N) is 1. The highest BCUT2D eigenvalue weighted by Crippen LogP contribution is 2.13. The van der Waals surface area contributed by atoms with E-state index in [4.69, 9.17) is 9.47 Å². The van der Waals surface area contributed by atoms with Crippen LogP contribution in [0.5, 0.6) is 0 Å². The van der Waals surface area contributed by atoms with Gasteiger partial charge in [-0.05, 0) is 30.7 Å². The molecule has 22 heavy (non-hydrogen) atoms. The van der Waals surface area contributed by atoms with Crippen LogP contribution in [0.4, 0.5) is 4.79 Å². The molecule has 1 atom stereocenters. The molecule has 1 amide bonds. The molecule has 0 aliphatic carbocycles. The first-order valence-corrected chi connectivity index (χ1v) is 8.21. The van der Waals surface area contributed by atoms with Crippen molar-refractivity contribution in [2.24, 2.45) is 0 Å². The van der Waals surface area contributed by atoms with Gasteiger partial charge in [0.05, 0.1) is 24.5 Å². The number of rotatable bonds is 5. The maximum Gasteiger partial charge on any atom is 0.407 e. The molecule has 1 unspecified atom stereocenters. The van der Waals surface area contributed by atoms with Gasteiger partial charge in [0, 0.05) is 12.0 Å². The summed E-state index contributed by atoms with van der Waals surface area (Å²) < 4.78 is 12.3. The van der Waals surface area contributed by atoms with E-state index in [-0.39, 0.29) is 12.6 Å². The number of ether oxygens (including phenoxy) is 2. The summed E-state index contributed by atoms with van der Waals surface area (Å²) in [7, 11) is 0. The fourth-order valence-electron chi connectivity index (χ4n) is 2.21. The fraction of sp³-hybridized carbons (Fsp3) is 0.500. The standard InChI is InChI=1S/C14H18N4O3S/c19-14(21-9-13-3-1-2-5-20-13)15-7-11-8-18(17-16-11)12-4-6-22-10-12/h4,6,8,10,13H,1-3,5,7,9H2,(H,15,19). The Morgan fingerprint density at radius 1 is 1.55 bits per heavy atom. The Morgan fingerprint density at radius 3 is 3.27 bits per heavy atom. The van der Waals surface area contributed by atoms with Crippen molar-refractivity contribution in [1.29, 1.82) is 0 Å². The van der Waals surface area contributed by atoms with Crippen molar-refractivity contribution in [1.82, 2.24) is 20.3 Å². The van der Waals surface area contributed by atoms with Crippen LogP contribution in [-0.2, 0) is 16.0 Å². The van der Waals surface area contributed by atoms with E-state index in [0.29, 0.717) is 12.3 Å². The first-order valence-electron chi connectivity index (χ1n) is 7.27. The predicted molar refractivity (Wildman–Crippen MR) is 81.0 cm³/mol. The summed E-state index contributed by atoms with van der Waals surface area (Å²) in [6, 6.07) is 1.95. The van der Waals surface area contributed by atoms with Crippen molar-refractivity contribution in [2.75, 3.05) is 13.2 Å². The molecule has 0 spiro atoms. The summed E-state index contributed by atoms with van der Waals surface area (Å²) in [5, 5.41) is 14.6. The topological polar surface area (TPSA) is 78.3 Å². The van der Waals surface area contributed by atoms with Gasteiger partial charge in [-0.15, -0.1) is 5.10 Å². The molecule has 1 fully saturated rings. The quantitative estimate of drug-likeness (QED) is 0.912. The molecule has 1 N–H and O–H groups in total. The van der Waals surface area contributed by atoms with Gasteiger partial charge in [0.15, 0.2) is 0 Å². The summed E-state index contributed by atoms with van der Waals surface area (Å²) >= 11 is 1.59. The lowest BCUT2D eigenvalue weighted by atomic mass is 10.1. The Kier molecular flexibility index (Phi) is 5.02.